The van der Waals surface area contributed by atoms with Crippen molar-refractivity contribution < 1.29 is 4.79 Å². The standard InChI is InChI=1S/C13H19ClN4O/c1-10-11(3-4-12(14)16-10)17-13(19)9-18-7-2-5-15-6-8-18/h3-4,15H,2,5-9H2,1H3,(H,17,19). The zero-order chi connectivity index (χ0) is 13.7. The highest BCUT2D eigenvalue weighted by atomic mass is 35.5. The number of aryl methyl sites for hydroxylation is 1. The van der Waals surface area contributed by atoms with Crippen LogP contribution in [0.5, 0.6) is 0 Å². The van der Waals surface area contributed by atoms with Crippen molar-refractivity contribution in [2.24, 2.45) is 0 Å². The van der Waals surface area contributed by atoms with Crippen LogP contribution < -0.4 is 10.6 Å². The lowest BCUT2D eigenvalue weighted by atomic mass is 10.3. The van der Waals surface area contributed by atoms with E-state index < -0.39 is 0 Å². The van der Waals surface area contributed by atoms with Gasteiger partial charge in [-0.25, -0.2) is 4.98 Å². The fourth-order valence-electron chi connectivity index (χ4n) is 2.12. The molecule has 2 rings (SSSR count). The van der Waals surface area contributed by atoms with Gasteiger partial charge >= 0.3 is 0 Å². The predicted octanol–water partition coefficient (Wildman–Crippen LogP) is 1.28. The van der Waals surface area contributed by atoms with E-state index in [-0.39, 0.29) is 5.91 Å². The van der Waals surface area contributed by atoms with Crippen LogP contribution in [0.15, 0.2) is 12.1 Å². The van der Waals surface area contributed by atoms with E-state index >= 15 is 0 Å². The SMILES string of the molecule is Cc1nc(Cl)ccc1NC(=O)CN1CCCNCC1. The maximum atomic E-state index is 12.0. The Balaban J connectivity index is 1.89. The smallest absolute Gasteiger partial charge is 0.238 e. The third-order valence-corrected chi connectivity index (χ3v) is 3.34. The molecule has 1 aliphatic heterocycles. The lowest BCUT2D eigenvalue weighted by Gasteiger charge is -2.19. The lowest BCUT2D eigenvalue weighted by molar-refractivity contribution is -0.117. The summed E-state index contributed by atoms with van der Waals surface area (Å²) in [6.07, 6.45) is 1.08. The van der Waals surface area contributed by atoms with Crippen LogP contribution in [0.25, 0.3) is 0 Å². The van der Waals surface area contributed by atoms with Crippen molar-refractivity contribution >= 4 is 23.2 Å². The zero-order valence-corrected chi connectivity index (χ0v) is 11.8. The molecule has 0 radical (unpaired) electrons. The van der Waals surface area contributed by atoms with Gasteiger partial charge in [-0.3, -0.25) is 9.69 Å². The van der Waals surface area contributed by atoms with Gasteiger partial charge in [0.1, 0.15) is 5.15 Å². The third-order valence-electron chi connectivity index (χ3n) is 3.13. The summed E-state index contributed by atoms with van der Waals surface area (Å²) in [7, 11) is 0. The zero-order valence-electron chi connectivity index (χ0n) is 11.1. The molecule has 5 nitrogen and oxygen atoms in total. The third kappa shape index (κ3) is 4.45. The molecule has 104 valence electrons. The van der Waals surface area contributed by atoms with Gasteiger partial charge in [-0.15, -0.1) is 0 Å². The molecular weight excluding hydrogens is 264 g/mol. The van der Waals surface area contributed by atoms with Crippen LogP contribution in [0.4, 0.5) is 5.69 Å². The number of nitrogens with zero attached hydrogens (tertiary/aromatic N) is 2. The largest absolute Gasteiger partial charge is 0.323 e. The van der Waals surface area contributed by atoms with E-state index in [0.717, 1.165) is 44.0 Å². The Morgan fingerprint density at radius 3 is 3.11 bits per heavy atom. The first-order chi connectivity index (χ1) is 9.15. The molecule has 2 heterocycles. The number of hydrogen-bond donors (Lipinski definition) is 2. The number of nitrogens with one attached hydrogen (secondary N) is 2. The summed E-state index contributed by atoms with van der Waals surface area (Å²) in [5, 5.41) is 6.64. The van der Waals surface area contributed by atoms with Crippen LogP contribution in [0.1, 0.15) is 12.1 Å². The summed E-state index contributed by atoms with van der Waals surface area (Å²) in [4.78, 5) is 18.3. The van der Waals surface area contributed by atoms with Gasteiger partial charge in [-0.1, -0.05) is 11.6 Å². The van der Waals surface area contributed by atoms with Crippen LogP contribution in [-0.2, 0) is 4.79 Å². The Morgan fingerprint density at radius 1 is 1.47 bits per heavy atom. The fraction of sp³-hybridized carbons (Fsp3) is 0.538. The molecule has 1 aromatic heterocycles. The van der Waals surface area contributed by atoms with Crippen molar-refractivity contribution in [3.05, 3.63) is 23.0 Å². The van der Waals surface area contributed by atoms with E-state index in [0.29, 0.717) is 11.7 Å². The average Bonchev–Trinajstić information content (AvgIpc) is 2.61. The van der Waals surface area contributed by atoms with E-state index in [9.17, 15) is 4.79 Å². The molecule has 1 saturated heterocycles. The normalized spacial score (nSPS) is 16.9. The number of pyridine rings is 1. The quantitative estimate of drug-likeness (QED) is 0.820. The first-order valence-electron chi connectivity index (χ1n) is 6.51. The van der Waals surface area contributed by atoms with Crippen molar-refractivity contribution in [1.82, 2.24) is 15.2 Å². The summed E-state index contributed by atoms with van der Waals surface area (Å²) in [5.41, 5.74) is 1.46. The molecular formula is C13H19ClN4O. The Bertz CT molecular complexity index is 444. The highest BCUT2D eigenvalue weighted by Gasteiger charge is 2.13. The van der Waals surface area contributed by atoms with Crippen LogP contribution in [-0.4, -0.2) is 48.5 Å². The lowest BCUT2D eigenvalue weighted by Crippen LogP contribution is -2.35. The van der Waals surface area contributed by atoms with E-state index in [4.69, 9.17) is 11.6 Å². The number of amides is 1. The second-order valence-electron chi connectivity index (χ2n) is 4.69. The molecule has 0 aromatic carbocycles. The summed E-state index contributed by atoms with van der Waals surface area (Å²) in [5.74, 6) is -0.00544. The maximum absolute atomic E-state index is 12.0. The summed E-state index contributed by atoms with van der Waals surface area (Å²) < 4.78 is 0. The minimum absolute atomic E-state index is 0.00544. The van der Waals surface area contributed by atoms with E-state index in [1.54, 1.807) is 12.1 Å². The molecule has 1 aromatic rings. The number of hydrogen-bond acceptors (Lipinski definition) is 4. The number of carbonyl (C=O) groups excluding carboxylic acids is 1. The monoisotopic (exact) mass is 282 g/mol. The Morgan fingerprint density at radius 2 is 2.32 bits per heavy atom. The number of rotatable bonds is 3. The van der Waals surface area contributed by atoms with Gasteiger partial charge in [-0.05, 0) is 38.6 Å². The number of aromatic nitrogens is 1. The molecule has 0 unspecified atom stereocenters. The van der Waals surface area contributed by atoms with E-state index in [1.807, 2.05) is 6.92 Å². The minimum atomic E-state index is -0.00544. The van der Waals surface area contributed by atoms with Gasteiger partial charge in [0.25, 0.3) is 0 Å². The second kappa shape index (κ2) is 6.84. The highest BCUT2D eigenvalue weighted by Crippen LogP contribution is 2.15. The van der Waals surface area contributed by atoms with Crippen molar-refractivity contribution in [3.63, 3.8) is 0 Å². The molecule has 0 aliphatic carbocycles. The topological polar surface area (TPSA) is 57.3 Å². The molecule has 19 heavy (non-hydrogen) atoms. The summed E-state index contributed by atoms with van der Waals surface area (Å²) >= 11 is 5.79. The highest BCUT2D eigenvalue weighted by molar-refractivity contribution is 6.29. The first kappa shape index (κ1) is 14.2. The summed E-state index contributed by atoms with van der Waals surface area (Å²) in [6, 6.07) is 3.46. The Labute approximate surface area is 118 Å². The molecule has 0 atom stereocenters. The van der Waals surface area contributed by atoms with Crippen LogP contribution >= 0.6 is 11.6 Å². The second-order valence-corrected chi connectivity index (χ2v) is 5.08. The van der Waals surface area contributed by atoms with Gasteiger partial charge in [0.05, 0.1) is 17.9 Å². The fourth-order valence-corrected chi connectivity index (χ4v) is 2.30. The predicted molar refractivity (Wildman–Crippen MR) is 76.5 cm³/mol. The van der Waals surface area contributed by atoms with Gasteiger partial charge in [0.2, 0.25) is 5.91 Å². The van der Waals surface area contributed by atoms with Crippen molar-refractivity contribution in [3.8, 4) is 0 Å². The number of halogens is 1. The Kier molecular flexibility index (Phi) is 5.13. The number of carbonyl (C=O) groups is 1. The maximum Gasteiger partial charge on any atom is 0.238 e. The molecule has 0 saturated carbocycles. The molecule has 1 aliphatic rings. The van der Waals surface area contributed by atoms with Crippen LogP contribution in [0, 0.1) is 6.92 Å². The van der Waals surface area contributed by atoms with Gasteiger partial charge in [0, 0.05) is 13.1 Å². The summed E-state index contributed by atoms with van der Waals surface area (Å²) in [6.45, 7) is 6.08. The van der Waals surface area contributed by atoms with Gasteiger partial charge in [-0.2, -0.15) is 0 Å². The molecule has 0 spiro atoms. The minimum Gasteiger partial charge on any atom is -0.323 e. The van der Waals surface area contributed by atoms with E-state index in [1.165, 1.54) is 0 Å². The van der Waals surface area contributed by atoms with Crippen molar-refractivity contribution in [2.75, 3.05) is 38.0 Å². The molecule has 6 heteroatoms. The average molecular weight is 283 g/mol. The van der Waals surface area contributed by atoms with E-state index in [2.05, 4.69) is 20.5 Å². The van der Waals surface area contributed by atoms with Crippen molar-refractivity contribution in [1.29, 1.82) is 0 Å². The van der Waals surface area contributed by atoms with Gasteiger partial charge in [0.15, 0.2) is 0 Å². The van der Waals surface area contributed by atoms with Gasteiger partial charge < -0.3 is 10.6 Å². The number of anilines is 1. The molecule has 0 bridgehead atoms. The Hall–Kier alpha value is -1.17. The van der Waals surface area contributed by atoms with Crippen LogP contribution in [0.3, 0.4) is 0 Å². The van der Waals surface area contributed by atoms with Crippen LogP contribution in [0.2, 0.25) is 5.15 Å². The first-order valence-corrected chi connectivity index (χ1v) is 6.89. The molecule has 1 fully saturated rings. The van der Waals surface area contributed by atoms with Crippen molar-refractivity contribution in [2.45, 2.75) is 13.3 Å². The molecule has 2 N–H and O–H groups in total. The molecule has 1 amide bonds.